The van der Waals surface area contributed by atoms with E-state index in [4.69, 9.17) is 4.74 Å². The summed E-state index contributed by atoms with van der Waals surface area (Å²) in [7, 11) is 0. The van der Waals surface area contributed by atoms with Gasteiger partial charge >= 0.3 is 5.97 Å². The Kier molecular flexibility index (Phi) is 10.9. The first-order valence-corrected chi connectivity index (χ1v) is 16.0. The summed E-state index contributed by atoms with van der Waals surface area (Å²) in [6.07, 6.45) is 3.19. The van der Waals surface area contributed by atoms with Gasteiger partial charge in [0.25, 0.3) is 6.43 Å². The summed E-state index contributed by atoms with van der Waals surface area (Å²) in [5.74, 6) is 0.423. The van der Waals surface area contributed by atoms with Crippen LogP contribution in [0.5, 0.6) is 0 Å². The molecule has 0 spiro atoms. The van der Waals surface area contributed by atoms with Crippen LogP contribution < -0.4 is 5.32 Å². The van der Waals surface area contributed by atoms with Crippen LogP contribution in [-0.2, 0) is 15.1 Å². The molecule has 1 saturated carbocycles. The van der Waals surface area contributed by atoms with Crippen molar-refractivity contribution >= 4 is 17.6 Å². The number of esters is 1. The number of aliphatic hydroxyl groups is 1. The maximum absolute atomic E-state index is 13.1. The van der Waals surface area contributed by atoms with Gasteiger partial charge in [0.15, 0.2) is 0 Å². The number of nitrogens with zero attached hydrogens (tertiary/aromatic N) is 4. The van der Waals surface area contributed by atoms with Gasteiger partial charge in [-0.2, -0.15) is 0 Å². The third-order valence-corrected chi connectivity index (χ3v) is 9.79. The minimum atomic E-state index is -2.59. The molecular weight excluding hydrogens is 576 g/mol. The fourth-order valence-electron chi connectivity index (χ4n) is 6.62. The first-order chi connectivity index (χ1) is 21.3. The molecule has 0 aromatic carbocycles. The molecule has 1 atom stereocenters. The van der Waals surface area contributed by atoms with Gasteiger partial charge in [-0.25, -0.2) is 18.7 Å². The molecule has 3 aromatic rings. The zero-order chi connectivity index (χ0) is 32.9. The summed E-state index contributed by atoms with van der Waals surface area (Å²) < 4.78 is 32.9. The third kappa shape index (κ3) is 7.84. The van der Waals surface area contributed by atoms with E-state index < -0.39 is 12.0 Å². The zero-order valence-corrected chi connectivity index (χ0v) is 27.6. The van der Waals surface area contributed by atoms with E-state index >= 15 is 0 Å². The number of carbonyl (C=O) groups is 1. The monoisotopic (exact) mass is 624 g/mol. The van der Waals surface area contributed by atoms with E-state index in [0.29, 0.717) is 61.7 Å². The van der Waals surface area contributed by atoms with Crippen molar-refractivity contribution in [3.05, 3.63) is 65.6 Å². The molecule has 2 N–H and O–H groups in total. The Bertz CT molecular complexity index is 1430. The Balaban J connectivity index is 1.39. The van der Waals surface area contributed by atoms with E-state index in [2.05, 4.69) is 54.9 Å². The molecule has 1 aliphatic carbocycles. The molecule has 0 bridgehead atoms. The number of aryl methyl sites for hydroxylation is 1. The number of ether oxygens (including phenoxy) is 1. The molecule has 4 rings (SSSR count). The molecule has 0 amide bonds. The number of carbonyl (C=O) groups excluding carboxylic acids is 1. The minimum Gasteiger partial charge on any atom is -0.415 e. The van der Waals surface area contributed by atoms with E-state index in [-0.39, 0.29) is 29.2 Å². The van der Waals surface area contributed by atoms with Gasteiger partial charge in [0.2, 0.25) is 6.73 Å². The van der Waals surface area contributed by atoms with Crippen LogP contribution in [0.15, 0.2) is 48.8 Å². The van der Waals surface area contributed by atoms with E-state index in [0.717, 1.165) is 22.2 Å². The average Bonchev–Trinajstić information content (AvgIpc) is 3.01. The normalized spacial score (nSPS) is 18.7. The van der Waals surface area contributed by atoms with E-state index in [9.17, 15) is 18.7 Å². The molecule has 0 radical (unpaired) electrons. The number of hydrogen-bond donors (Lipinski definition) is 2. The fourth-order valence-corrected chi connectivity index (χ4v) is 6.62. The van der Waals surface area contributed by atoms with Gasteiger partial charge in [0.05, 0.1) is 35.9 Å². The van der Waals surface area contributed by atoms with Crippen LogP contribution in [0.3, 0.4) is 0 Å². The van der Waals surface area contributed by atoms with Gasteiger partial charge < -0.3 is 15.2 Å². The first kappa shape index (κ1) is 34.4. The van der Waals surface area contributed by atoms with Gasteiger partial charge in [0, 0.05) is 23.5 Å². The average molecular weight is 625 g/mol. The van der Waals surface area contributed by atoms with Crippen molar-refractivity contribution < 1.29 is 27.9 Å². The SMILES string of the molecule is CC[N+](COC(=O)[C@H]1CC[C@H]([C@@](C)(O)c2ccc(-c3cc(C)cc(Nc4cc(C(F)F)ccn4)n3)cn2)CC1)(C(C)C)C(C)C. The molecule has 8 nitrogen and oxygen atoms in total. The quantitative estimate of drug-likeness (QED) is 0.121. The Morgan fingerprint density at radius 1 is 1.04 bits per heavy atom. The summed E-state index contributed by atoms with van der Waals surface area (Å²) in [5, 5.41) is 14.6. The number of rotatable bonds is 12. The lowest BCUT2D eigenvalue weighted by atomic mass is 9.73. The lowest BCUT2D eigenvalue weighted by Crippen LogP contribution is -2.59. The van der Waals surface area contributed by atoms with Gasteiger partial charge in [-0.1, -0.05) is 0 Å². The van der Waals surface area contributed by atoms with Crippen LogP contribution in [0.25, 0.3) is 11.3 Å². The Morgan fingerprint density at radius 3 is 2.31 bits per heavy atom. The van der Waals surface area contributed by atoms with Crippen LogP contribution in [0, 0.1) is 18.8 Å². The number of pyridine rings is 3. The summed E-state index contributed by atoms with van der Waals surface area (Å²) >= 11 is 0. The van der Waals surface area contributed by atoms with Crippen molar-refractivity contribution in [2.45, 2.75) is 98.3 Å². The molecule has 0 saturated heterocycles. The Morgan fingerprint density at radius 2 is 1.73 bits per heavy atom. The van der Waals surface area contributed by atoms with Crippen LogP contribution in [0.2, 0.25) is 0 Å². The highest BCUT2D eigenvalue weighted by atomic mass is 19.3. The standard InChI is InChI=1S/C35H48F2N5O3/c1-8-42(22(2)3,23(4)5)21-45-34(43)25-9-12-28(13-10-25)35(7,44)30-14-11-27(20-39-30)29-17-24(6)18-32(40-29)41-31-19-26(33(36)37)15-16-38-31/h11,14-20,22-23,25,28,33,44H,8-10,12-13,21H2,1-7H3,(H,38,40,41)/q+1/t25-,28-,35-/m1/s1. The van der Waals surface area contributed by atoms with Crippen molar-refractivity contribution in [3.8, 4) is 11.3 Å². The second kappa shape index (κ2) is 14.3. The van der Waals surface area contributed by atoms with Crippen molar-refractivity contribution in [3.63, 3.8) is 0 Å². The molecular formula is C35H48F2N5O3+. The number of quaternary nitrogens is 1. The molecule has 10 heteroatoms. The zero-order valence-electron chi connectivity index (χ0n) is 27.6. The van der Waals surface area contributed by atoms with E-state index in [1.54, 1.807) is 13.1 Å². The molecule has 1 aliphatic rings. The molecule has 45 heavy (non-hydrogen) atoms. The van der Waals surface area contributed by atoms with Crippen LogP contribution >= 0.6 is 0 Å². The van der Waals surface area contributed by atoms with Gasteiger partial charge in [-0.05, 0) is 122 Å². The molecule has 1 fully saturated rings. The summed E-state index contributed by atoms with van der Waals surface area (Å²) in [6, 6.07) is 10.7. The summed E-state index contributed by atoms with van der Waals surface area (Å²) in [5.41, 5.74) is 1.62. The highest BCUT2D eigenvalue weighted by Gasteiger charge is 2.40. The maximum Gasteiger partial charge on any atom is 0.313 e. The Hall–Kier alpha value is -3.50. The van der Waals surface area contributed by atoms with E-state index in [1.165, 1.54) is 18.3 Å². The maximum atomic E-state index is 13.1. The number of halogens is 2. The van der Waals surface area contributed by atoms with Gasteiger partial charge in [-0.15, -0.1) is 0 Å². The number of nitrogens with one attached hydrogen (secondary N) is 1. The lowest BCUT2D eigenvalue weighted by molar-refractivity contribution is -0.979. The lowest BCUT2D eigenvalue weighted by Gasteiger charge is -2.44. The van der Waals surface area contributed by atoms with Crippen molar-refractivity contribution in [1.82, 2.24) is 15.0 Å². The predicted octanol–water partition coefficient (Wildman–Crippen LogP) is 7.70. The van der Waals surface area contributed by atoms with Crippen LogP contribution in [-0.4, -0.2) is 55.9 Å². The van der Waals surface area contributed by atoms with Gasteiger partial charge in [0.1, 0.15) is 17.2 Å². The number of aromatic nitrogens is 3. The predicted molar refractivity (Wildman–Crippen MR) is 172 cm³/mol. The Labute approximate surface area is 265 Å². The molecule has 244 valence electrons. The van der Waals surface area contributed by atoms with Crippen LogP contribution in [0.4, 0.5) is 20.4 Å². The van der Waals surface area contributed by atoms with Crippen molar-refractivity contribution in [1.29, 1.82) is 0 Å². The fraction of sp³-hybridized carbons (Fsp3) is 0.543. The second-order valence-electron chi connectivity index (χ2n) is 13.1. The van der Waals surface area contributed by atoms with Crippen molar-refractivity contribution in [2.24, 2.45) is 11.8 Å². The number of hydrogen-bond acceptors (Lipinski definition) is 7. The van der Waals surface area contributed by atoms with Crippen LogP contribution in [0.1, 0.15) is 90.5 Å². The first-order valence-electron chi connectivity index (χ1n) is 16.0. The second-order valence-corrected chi connectivity index (χ2v) is 13.1. The van der Waals surface area contributed by atoms with E-state index in [1.807, 2.05) is 31.2 Å². The highest BCUT2D eigenvalue weighted by molar-refractivity contribution is 5.72. The number of alkyl halides is 2. The number of anilines is 2. The molecule has 0 unspecified atom stereocenters. The molecule has 3 aromatic heterocycles. The molecule has 0 aliphatic heterocycles. The summed E-state index contributed by atoms with van der Waals surface area (Å²) in [6.45, 7) is 15.9. The van der Waals surface area contributed by atoms with Crippen molar-refractivity contribution in [2.75, 3.05) is 18.6 Å². The minimum absolute atomic E-state index is 0.0406. The third-order valence-electron chi connectivity index (χ3n) is 9.79. The topological polar surface area (TPSA) is 97.2 Å². The van der Waals surface area contributed by atoms with Gasteiger partial charge in [-0.3, -0.25) is 14.3 Å². The highest BCUT2D eigenvalue weighted by Crippen LogP contribution is 2.41. The summed E-state index contributed by atoms with van der Waals surface area (Å²) in [4.78, 5) is 26.5. The largest absolute Gasteiger partial charge is 0.415 e. The smallest absolute Gasteiger partial charge is 0.313 e. The molecule has 3 heterocycles.